The van der Waals surface area contributed by atoms with E-state index in [9.17, 15) is 0 Å². The third kappa shape index (κ3) is 4.80. The van der Waals surface area contributed by atoms with E-state index in [1.165, 1.54) is 23.2 Å². The highest BCUT2D eigenvalue weighted by Crippen LogP contribution is 2.22. The first kappa shape index (κ1) is 16.4. The number of nitrogens with zero attached hydrogens (tertiary/aromatic N) is 1. The summed E-state index contributed by atoms with van der Waals surface area (Å²) < 4.78 is 5.26. The predicted octanol–water partition coefficient (Wildman–Crippen LogP) is 5.06. The fourth-order valence-electron chi connectivity index (χ4n) is 2.42. The van der Waals surface area contributed by atoms with Crippen molar-refractivity contribution in [3.63, 3.8) is 0 Å². The van der Waals surface area contributed by atoms with Gasteiger partial charge in [-0.2, -0.15) is 0 Å². The van der Waals surface area contributed by atoms with E-state index < -0.39 is 0 Å². The van der Waals surface area contributed by atoms with Crippen LogP contribution in [0.1, 0.15) is 31.4 Å². The predicted molar refractivity (Wildman–Crippen MR) is 94.7 cm³/mol. The van der Waals surface area contributed by atoms with E-state index in [1.54, 1.807) is 7.11 Å². The van der Waals surface area contributed by atoms with Gasteiger partial charge in [0.2, 0.25) is 0 Å². The van der Waals surface area contributed by atoms with Crippen LogP contribution in [-0.4, -0.2) is 13.7 Å². The second kappa shape index (κ2) is 7.88. The zero-order chi connectivity index (χ0) is 15.9. The molecule has 2 nitrogen and oxygen atoms in total. The Labute approximate surface area is 134 Å². The van der Waals surface area contributed by atoms with Crippen LogP contribution in [0.3, 0.4) is 0 Å². The van der Waals surface area contributed by atoms with Gasteiger partial charge in [-0.15, -0.1) is 0 Å². The monoisotopic (exact) mass is 297 g/mol. The SMILES string of the molecule is COc1ccc(N(CCC(C)C)Cc2ccc(C)cc2)cc1. The first-order chi connectivity index (χ1) is 10.6. The number of rotatable bonds is 7. The van der Waals surface area contributed by atoms with Crippen molar-refractivity contribution < 1.29 is 4.74 Å². The molecule has 0 amide bonds. The third-order valence-electron chi connectivity index (χ3n) is 3.91. The normalized spacial score (nSPS) is 10.8. The van der Waals surface area contributed by atoms with E-state index in [1.807, 2.05) is 12.1 Å². The van der Waals surface area contributed by atoms with Crippen molar-refractivity contribution in [1.82, 2.24) is 0 Å². The van der Waals surface area contributed by atoms with E-state index in [4.69, 9.17) is 4.74 Å². The van der Waals surface area contributed by atoms with Crippen LogP contribution in [0.15, 0.2) is 48.5 Å². The van der Waals surface area contributed by atoms with Gasteiger partial charge in [-0.25, -0.2) is 0 Å². The molecule has 118 valence electrons. The molecular formula is C20H27NO. The Balaban J connectivity index is 2.15. The zero-order valence-electron chi connectivity index (χ0n) is 14.2. The highest BCUT2D eigenvalue weighted by Gasteiger charge is 2.09. The van der Waals surface area contributed by atoms with Gasteiger partial charge >= 0.3 is 0 Å². The van der Waals surface area contributed by atoms with Gasteiger partial charge in [0.15, 0.2) is 0 Å². The molecule has 22 heavy (non-hydrogen) atoms. The quantitative estimate of drug-likeness (QED) is 0.708. The van der Waals surface area contributed by atoms with Gasteiger partial charge in [-0.05, 0) is 49.1 Å². The third-order valence-corrected chi connectivity index (χ3v) is 3.91. The number of aryl methyl sites for hydroxylation is 1. The zero-order valence-corrected chi connectivity index (χ0v) is 14.2. The molecule has 2 rings (SSSR count). The molecule has 0 spiro atoms. The van der Waals surface area contributed by atoms with Gasteiger partial charge in [0.25, 0.3) is 0 Å². The lowest BCUT2D eigenvalue weighted by Gasteiger charge is -2.26. The second-order valence-corrected chi connectivity index (χ2v) is 6.29. The molecule has 0 atom stereocenters. The molecular weight excluding hydrogens is 270 g/mol. The number of hydrogen-bond acceptors (Lipinski definition) is 2. The Morgan fingerprint density at radius 1 is 0.955 bits per heavy atom. The maximum Gasteiger partial charge on any atom is 0.119 e. The molecule has 0 saturated carbocycles. The van der Waals surface area contributed by atoms with Crippen LogP contribution in [0.25, 0.3) is 0 Å². The fourth-order valence-corrected chi connectivity index (χ4v) is 2.42. The Morgan fingerprint density at radius 3 is 2.14 bits per heavy atom. The number of methoxy groups -OCH3 is 1. The van der Waals surface area contributed by atoms with Crippen molar-refractivity contribution in [2.75, 3.05) is 18.6 Å². The second-order valence-electron chi connectivity index (χ2n) is 6.29. The minimum atomic E-state index is 0.707. The Hall–Kier alpha value is -1.96. The summed E-state index contributed by atoms with van der Waals surface area (Å²) >= 11 is 0. The number of anilines is 1. The molecule has 0 saturated heterocycles. The summed E-state index contributed by atoms with van der Waals surface area (Å²) in [7, 11) is 1.71. The molecule has 0 aliphatic heterocycles. The van der Waals surface area contributed by atoms with Gasteiger partial charge in [-0.3, -0.25) is 0 Å². The van der Waals surface area contributed by atoms with Crippen molar-refractivity contribution >= 4 is 5.69 Å². The van der Waals surface area contributed by atoms with Gasteiger partial charge in [-0.1, -0.05) is 43.7 Å². The summed E-state index contributed by atoms with van der Waals surface area (Å²) in [6.07, 6.45) is 1.19. The summed E-state index contributed by atoms with van der Waals surface area (Å²) in [6, 6.07) is 17.2. The van der Waals surface area contributed by atoms with Crippen molar-refractivity contribution in [1.29, 1.82) is 0 Å². The van der Waals surface area contributed by atoms with E-state index in [2.05, 4.69) is 62.1 Å². The Bertz CT molecular complexity index is 557. The van der Waals surface area contributed by atoms with Crippen LogP contribution < -0.4 is 9.64 Å². The van der Waals surface area contributed by atoms with Crippen molar-refractivity contribution in [2.24, 2.45) is 5.92 Å². The van der Waals surface area contributed by atoms with E-state index in [0.29, 0.717) is 5.92 Å². The minimum Gasteiger partial charge on any atom is -0.497 e. The summed E-state index contributed by atoms with van der Waals surface area (Å²) in [6.45, 7) is 8.69. The number of ether oxygens (including phenoxy) is 1. The summed E-state index contributed by atoms with van der Waals surface area (Å²) in [4.78, 5) is 2.45. The molecule has 2 aromatic rings. The number of benzene rings is 2. The topological polar surface area (TPSA) is 12.5 Å². The molecule has 0 fully saturated rings. The van der Waals surface area contributed by atoms with E-state index >= 15 is 0 Å². The molecule has 0 unspecified atom stereocenters. The molecule has 0 radical (unpaired) electrons. The molecule has 0 aliphatic rings. The first-order valence-electron chi connectivity index (χ1n) is 8.03. The van der Waals surface area contributed by atoms with Crippen LogP contribution >= 0.6 is 0 Å². The van der Waals surface area contributed by atoms with Gasteiger partial charge in [0, 0.05) is 18.8 Å². The van der Waals surface area contributed by atoms with Crippen LogP contribution in [0.5, 0.6) is 5.75 Å². The first-order valence-corrected chi connectivity index (χ1v) is 8.03. The average Bonchev–Trinajstić information content (AvgIpc) is 2.53. The summed E-state index contributed by atoms with van der Waals surface area (Å²) in [5.41, 5.74) is 3.91. The lowest BCUT2D eigenvalue weighted by molar-refractivity contribution is 0.415. The molecule has 0 heterocycles. The van der Waals surface area contributed by atoms with Crippen molar-refractivity contribution in [3.05, 3.63) is 59.7 Å². The maximum absolute atomic E-state index is 5.26. The largest absolute Gasteiger partial charge is 0.497 e. The van der Waals surface area contributed by atoms with E-state index in [0.717, 1.165) is 18.8 Å². The molecule has 2 aromatic carbocycles. The fraction of sp³-hybridized carbons (Fsp3) is 0.400. The Kier molecular flexibility index (Phi) is 5.88. The molecule has 0 bridgehead atoms. The standard InChI is InChI=1S/C20H27NO/c1-16(2)13-14-21(15-18-7-5-17(3)6-8-18)19-9-11-20(22-4)12-10-19/h5-12,16H,13-15H2,1-4H3. The maximum atomic E-state index is 5.26. The van der Waals surface area contributed by atoms with E-state index in [-0.39, 0.29) is 0 Å². The van der Waals surface area contributed by atoms with Crippen molar-refractivity contribution in [3.8, 4) is 5.75 Å². The highest BCUT2D eigenvalue weighted by atomic mass is 16.5. The Morgan fingerprint density at radius 2 is 1.59 bits per heavy atom. The van der Waals surface area contributed by atoms with Crippen LogP contribution in [-0.2, 0) is 6.54 Å². The van der Waals surface area contributed by atoms with Gasteiger partial charge in [0.05, 0.1) is 7.11 Å². The van der Waals surface area contributed by atoms with Crippen molar-refractivity contribution in [2.45, 2.75) is 33.7 Å². The molecule has 0 N–H and O–H groups in total. The summed E-state index contributed by atoms with van der Waals surface area (Å²) in [5.74, 6) is 1.61. The van der Waals surface area contributed by atoms with Gasteiger partial charge in [0.1, 0.15) is 5.75 Å². The lowest BCUT2D eigenvalue weighted by atomic mass is 10.1. The average molecular weight is 297 g/mol. The van der Waals surface area contributed by atoms with Crippen LogP contribution in [0, 0.1) is 12.8 Å². The molecule has 0 aliphatic carbocycles. The van der Waals surface area contributed by atoms with Crippen LogP contribution in [0.4, 0.5) is 5.69 Å². The summed E-state index contributed by atoms with van der Waals surface area (Å²) in [5, 5.41) is 0. The minimum absolute atomic E-state index is 0.707. The molecule has 0 aromatic heterocycles. The number of hydrogen-bond donors (Lipinski definition) is 0. The van der Waals surface area contributed by atoms with Crippen LogP contribution in [0.2, 0.25) is 0 Å². The lowest BCUT2D eigenvalue weighted by Crippen LogP contribution is -2.24. The van der Waals surface area contributed by atoms with Gasteiger partial charge < -0.3 is 9.64 Å². The highest BCUT2D eigenvalue weighted by molar-refractivity contribution is 5.49. The molecule has 2 heteroatoms. The smallest absolute Gasteiger partial charge is 0.119 e.